The van der Waals surface area contributed by atoms with Crippen LogP contribution in [0.1, 0.15) is 44.5 Å². The van der Waals surface area contributed by atoms with Crippen LogP contribution in [-0.4, -0.2) is 51.2 Å². The van der Waals surface area contributed by atoms with Crippen molar-refractivity contribution in [3.63, 3.8) is 0 Å². The van der Waals surface area contributed by atoms with Gasteiger partial charge >= 0.3 is 0 Å². The number of hydrogen-bond acceptors (Lipinski definition) is 6. The van der Waals surface area contributed by atoms with E-state index < -0.39 is 0 Å². The van der Waals surface area contributed by atoms with Gasteiger partial charge in [-0.25, -0.2) is 0 Å². The van der Waals surface area contributed by atoms with Gasteiger partial charge < -0.3 is 9.80 Å². The van der Waals surface area contributed by atoms with E-state index in [0.717, 1.165) is 66.6 Å². The summed E-state index contributed by atoms with van der Waals surface area (Å²) in [5, 5.41) is 10.4. The molecule has 0 aliphatic carbocycles. The number of pyridine rings is 1. The van der Waals surface area contributed by atoms with Crippen LogP contribution in [0.5, 0.6) is 0 Å². The Morgan fingerprint density at radius 1 is 1.22 bits per heavy atom. The van der Waals surface area contributed by atoms with Crippen molar-refractivity contribution in [3.8, 4) is 10.6 Å². The fourth-order valence-electron chi connectivity index (χ4n) is 4.33. The SMILES string of the molecule is Cc1nnc(-c2ccncc2N2CCC(C(=O)N3CCCC3(C)C)CC2)s1. The van der Waals surface area contributed by atoms with Crippen molar-refractivity contribution >= 4 is 22.9 Å². The molecular weight excluding hydrogens is 358 g/mol. The Kier molecular flexibility index (Phi) is 4.88. The molecule has 6 nitrogen and oxygen atoms in total. The number of carbonyl (C=O) groups excluding carboxylic acids is 1. The van der Waals surface area contributed by atoms with E-state index in [-0.39, 0.29) is 11.5 Å². The van der Waals surface area contributed by atoms with E-state index in [4.69, 9.17) is 0 Å². The minimum absolute atomic E-state index is 0.0143. The van der Waals surface area contributed by atoms with E-state index in [2.05, 4.69) is 38.8 Å². The molecule has 0 N–H and O–H groups in total. The van der Waals surface area contributed by atoms with Gasteiger partial charge in [0.05, 0.1) is 11.9 Å². The maximum atomic E-state index is 13.0. The molecule has 0 bridgehead atoms. The van der Waals surface area contributed by atoms with Crippen LogP contribution in [-0.2, 0) is 4.79 Å². The smallest absolute Gasteiger partial charge is 0.226 e. The largest absolute Gasteiger partial charge is 0.370 e. The van der Waals surface area contributed by atoms with Gasteiger partial charge in [-0.05, 0) is 52.5 Å². The van der Waals surface area contributed by atoms with Crippen LogP contribution in [0, 0.1) is 12.8 Å². The second-order valence-electron chi connectivity index (χ2n) is 8.19. The third kappa shape index (κ3) is 3.57. The Morgan fingerprint density at radius 3 is 2.63 bits per heavy atom. The Balaban J connectivity index is 1.47. The third-order valence-electron chi connectivity index (χ3n) is 5.91. The molecule has 2 saturated heterocycles. The van der Waals surface area contributed by atoms with Crippen LogP contribution in [0.15, 0.2) is 18.5 Å². The summed E-state index contributed by atoms with van der Waals surface area (Å²) >= 11 is 1.60. The number of hydrogen-bond donors (Lipinski definition) is 0. The number of aromatic nitrogens is 3. The monoisotopic (exact) mass is 385 g/mol. The zero-order valence-corrected chi connectivity index (χ0v) is 17.1. The zero-order valence-electron chi connectivity index (χ0n) is 16.3. The van der Waals surface area contributed by atoms with Crippen LogP contribution in [0.4, 0.5) is 5.69 Å². The average Bonchev–Trinajstić information content (AvgIpc) is 3.26. The molecule has 2 aromatic heterocycles. The Labute approximate surface area is 164 Å². The van der Waals surface area contributed by atoms with Crippen LogP contribution < -0.4 is 4.90 Å². The van der Waals surface area contributed by atoms with Crippen molar-refractivity contribution in [3.05, 3.63) is 23.5 Å². The predicted molar refractivity (Wildman–Crippen MR) is 108 cm³/mol. The predicted octanol–water partition coefficient (Wildman–Crippen LogP) is 3.53. The maximum absolute atomic E-state index is 13.0. The highest BCUT2D eigenvalue weighted by Crippen LogP contribution is 2.36. The minimum Gasteiger partial charge on any atom is -0.370 e. The molecule has 0 atom stereocenters. The summed E-state index contributed by atoms with van der Waals surface area (Å²) in [5.74, 6) is 0.492. The highest BCUT2D eigenvalue weighted by atomic mass is 32.1. The number of rotatable bonds is 3. The molecule has 0 spiro atoms. The molecule has 2 aromatic rings. The standard InChI is InChI=1S/C20H27N5OS/c1-14-22-23-18(27-14)16-5-9-21-13-17(16)24-11-6-15(7-12-24)19(26)25-10-4-8-20(25,2)3/h5,9,13,15H,4,6-8,10-12H2,1-3H3. The van der Waals surface area contributed by atoms with Gasteiger partial charge in [0.2, 0.25) is 5.91 Å². The first-order valence-corrected chi connectivity index (χ1v) is 10.6. The maximum Gasteiger partial charge on any atom is 0.226 e. The first kappa shape index (κ1) is 18.3. The fraction of sp³-hybridized carbons (Fsp3) is 0.600. The molecule has 7 heteroatoms. The number of aryl methyl sites for hydroxylation is 1. The van der Waals surface area contributed by atoms with Crippen molar-refractivity contribution < 1.29 is 4.79 Å². The summed E-state index contributed by atoms with van der Waals surface area (Å²) in [5.41, 5.74) is 2.20. The normalized spacial score (nSPS) is 20.3. The highest BCUT2D eigenvalue weighted by molar-refractivity contribution is 7.14. The van der Waals surface area contributed by atoms with E-state index in [1.807, 2.05) is 19.2 Å². The van der Waals surface area contributed by atoms with Gasteiger partial charge in [0.15, 0.2) is 0 Å². The van der Waals surface area contributed by atoms with Crippen LogP contribution in [0.2, 0.25) is 0 Å². The molecule has 144 valence electrons. The van der Waals surface area contributed by atoms with Crippen LogP contribution in [0.25, 0.3) is 10.6 Å². The first-order chi connectivity index (χ1) is 13.0. The van der Waals surface area contributed by atoms with Crippen molar-refractivity contribution in [1.29, 1.82) is 0 Å². The molecule has 0 saturated carbocycles. The number of carbonyl (C=O) groups is 1. The molecule has 0 radical (unpaired) electrons. The fourth-order valence-corrected chi connectivity index (χ4v) is 5.05. The van der Waals surface area contributed by atoms with Crippen molar-refractivity contribution in [2.75, 3.05) is 24.5 Å². The second kappa shape index (κ2) is 7.19. The van der Waals surface area contributed by atoms with Gasteiger partial charge in [-0.1, -0.05) is 11.3 Å². The number of piperidine rings is 1. The molecule has 2 aliphatic rings. The summed E-state index contributed by atoms with van der Waals surface area (Å²) in [6, 6.07) is 2.01. The molecule has 2 fully saturated rings. The number of nitrogens with zero attached hydrogens (tertiary/aromatic N) is 5. The van der Waals surface area contributed by atoms with Gasteiger partial charge in [0.25, 0.3) is 0 Å². The van der Waals surface area contributed by atoms with E-state index in [9.17, 15) is 4.79 Å². The molecule has 0 unspecified atom stereocenters. The van der Waals surface area contributed by atoms with E-state index in [1.54, 1.807) is 17.5 Å². The van der Waals surface area contributed by atoms with Crippen molar-refractivity contribution in [2.24, 2.45) is 5.92 Å². The van der Waals surface area contributed by atoms with Crippen LogP contribution >= 0.6 is 11.3 Å². The Hall–Kier alpha value is -2.02. The molecule has 0 aromatic carbocycles. The topological polar surface area (TPSA) is 62.2 Å². The molecule has 2 aliphatic heterocycles. The quantitative estimate of drug-likeness (QED) is 0.809. The molecule has 27 heavy (non-hydrogen) atoms. The van der Waals surface area contributed by atoms with E-state index in [0.29, 0.717) is 5.91 Å². The van der Waals surface area contributed by atoms with Crippen LogP contribution in [0.3, 0.4) is 0 Å². The molecule has 4 heterocycles. The molecule has 1 amide bonds. The summed E-state index contributed by atoms with van der Waals surface area (Å²) in [7, 11) is 0. The lowest BCUT2D eigenvalue weighted by Crippen LogP contribution is -2.48. The Bertz CT molecular complexity index is 825. The third-order valence-corrected chi connectivity index (χ3v) is 6.78. The summed E-state index contributed by atoms with van der Waals surface area (Å²) in [6.45, 7) is 9.02. The number of anilines is 1. The summed E-state index contributed by atoms with van der Waals surface area (Å²) < 4.78 is 0. The minimum atomic E-state index is 0.0143. The molecule has 4 rings (SSSR count). The Morgan fingerprint density at radius 2 is 2.00 bits per heavy atom. The lowest BCUT2D eigenvalue weighted by Gasteiger charge is -2.38. The van der Waals surface area contributed by atoms with Gasteiger partial charge in [-0.2, -0.15) is 0 Å². The van der Waals surface area contributed by atoms with Gasteiger partial charge in [-0.3, -0.25) is 9.78 Å². The van der Waals surface area contributed by atoms with Gasteiger partial charge in [0, 0.05) is 42.9 Å². The number of amides is 1. The number of likely N-dealkylation sites (tertiary alicyclic amines) is 1. The lowest BCUT2D eigenvalue weighted by molar-refractivity contribution is -0.139. The molecular formula is C20H27N5OS. The van der Waals surface area contributed by atoms with Gasteiger partial charge in [-0.15, -0.1) is 10.2 Å². The average molecular weight is 386 g/mol. The summed E-state index contributed by atoms with van der Waals surface area (Å²) in [4.78, 5) is 21.8. The van der Waals surface area contributed by atoms with Crippen molar-refractivity contribution in [2.45, 2.75) is 52.0 Å². The lowest BCUT2D eigenvalue weighted by atomic mass is 9.92. The van der Waals surface area contributed by atoms with E-state index >= 15 is 0 Å². The van der Waals surface area contributed by atoms with Crippen molar-refractivity contribution in [1.82, 2.24) is 20.1 Å². The van der Waals surface area contributed by atoms with E-state index in [1.165, 1.54) is 0 Å². The van der Waals surface area contributed by atoms with Gasteiger partial charge in [0.1, 0.15) is 10.0 Å². The summed E-state index contributed by atoms with van der Waals surface area (Å²) in [6.07, 6.45) is 7.75. The second-order valence-corrected chi connectivity index (χ2v) is 9.37. The zero-order chi connectivity index (χ0) is 19.0. The highest BCUT2D eigenvalue weighted by Gasteiger charge is 2.39. The first-order valence-electron chi connectivity index (χ1n) is 9.76.